The van der Waals surface area contributed by atoms with Crippen LogP contribution in [-0.4, -0.2) is 16.0 Å². The summed E-state index contributed by atoms with van der Waals surface area (Å²) in [5.41, 5.74) is 6.92. The van der Waals surface area contributed by atoms with Crippen LogP contribution in [0.25, 0.3) is 6.08 Å². The Morgan fingerprint density at radius 1 is 1.59 bits per heavy atom. The number of carboxylic acid groups (broad SMARTS) is 1. The van der Waals surface area contributed by atoms with E-state index >= 15 is 0 Å². The van der Waals surface area contributed by atoms with Gasteiger partial charge in [0, 0.05) is 17.3 Å². The van der Waals surface area contributed by atoms with Gasteiger partial charge in [-0.3, -0.25) is 14.9 Å². The monoisotopic (exact) mass is 236 g/mol. The van der Waals surface area contributed by atoms with Crippen molar-refractivity contribution < 1.29 is 14.8 Å². The molecule has 0 radical (unpaired) electrons. The maximum absolute atomic E-state index is 10.6. The van der Waals surface area contributed by atoms with E-state index in [-0.39, 0.29) is 17.8 Å². The van der Waals surface area contributed by atoms with E-state index in [1.165, 1.54) is 12.1 Å². The van der Waals surface area contributed by atoms with Crippen molar-refractivity contribution in [2.45, 2.75) is 13.3 Å². The van der Waals surface area contributed by atoms with Crippen molar-refractivity contribution in [3.63, 3.8) is 0 Å². The highest BCUT2D eigenvalue weighted by atomic mass is 16.6. The van der Waals surface area contributed by atoms with Crippen LogP contribution in [0.3, 0.4) is 0 Å². The number of nitro benzene ring substituents is 1. The fourth-order valence-corrected chi connectivity index (χ4v) is 1.36. The second-order valence-corrected chi connectivity index (χ2v) is 3.52. The molecule has 0 atom stereocenters. The highest BCUT2D eigenvalue weighted by molar-refractivity contribution is 5.73. The first-order valence-corrected chi connectivity index (χ1v) is 4.84. The zero-order valence-electron chi connectivity index (χ0n) is 9.21. The predicted molar refractivity (Wildman–Crippen MR) is 63.5 cm³/mol. The number of aliphatic carboxylic acids is 1. The van der Waals surface area contributed by atoms with Crippen molar-refractivity contribution in [3.05, 3.63) is 39.4 Å². The maximum atomic E-state index is 10.6. The van der Waals surface area contributed by atoms with E-state index in [0.717, 1.165) is 0 Å². The number of anilines is 1. The van der Waals surface area contributed by atoms with Crippen LogP contribution < -0.4 is 5.73 Å². The molecule has 0 unspecified atom stereocenters. The summed E-state index contributed by atoms with van der Waals surface area (Å²) in [7, 11) is 0. The summed E-state index contributed by atoms with van der Waals surface area (Å²) in [5.74, 6) is -0.946. The summed E-state index contributed by atoms with van der Waals surface area (Å²) in [6.07, 6.45) is 2.87. The normalized spacial score (nSPS) is 10.6. The lowest BCUT2D eigenvalue weighted by Gasteiger charge is -2.03. The molecule has 0 aliphatic carbocycles. The molecule has 0 saturated carbocycles. The van der Waals surface area contributed by atoms with E-state index in [9.17, 15) is 14.9 Å². The number of rotatable bonds is 4. The van der Waals surface area contributed by atoms with Gasteiger partial charge in [-0.2, -0.15) is 0 Å². The highest BCUT2D eigenvalue weighted by Crippen LogP contribution is 2.25. The van der Waals surface area contributed by atoms with Crippen LogP contribution in [-0.2, 0) is 4.79 Å². The lowest BCUT2D eigenvalue weighted by atomic mass is 10.1. The standard InChI is InChI=1S/C11H12N2O4/c1-7-5-8(3-2-4-11(14)15)9(12)6-10(7)13(16)17/h2-3,5-6H,4,12H2,1H3,(H,14,15). The Morgan fingerprint density at radius 2 is 2.24 bits per heavy atom. The molecule has 0 aliphatic rings. The first kappa shape index (κ1) is 12.7. The molecule has 0 amide bonds. The van der Waals surface area contributed by atoms with Crippen LogP contribution in [0.15, 0.2) is 18.2 Å². The first-order chi connectivity index (χ1) is 7.91. The Hall–Kier alpha value is -2.37. The van der Waals surface area contributed by atoms with Gasteiger partial charge in [0.15, 0.2) is 0 Å². The van der Waals surface area contributed by atoms with Crippen LogP contribution in [0.1, 0.15) is 17.5 Å². The van der Waals surface area contributed by atoms with Crippen LogP contribution >= 0.6 is 0 Å². The Labute approximate surface area is 97.5 Å². The van der Waals surface area contributed by atoms with Crippen molar-refractivity contribution in [3.8, 4) is 0 Å². The molecule has 0 aromatic heterocycles. The van der Waals surface area contributed by atoms with Crippen molar-refractivity contribution in [1.29, 1.82) is 0 Å². The topological polar surface area (TPSA) is 106 Å². The third-order valence-electron chi connectivity index (χ3n) is 2.19. The smallest absolute Gasteiger partial charge is 0.307 e. The van der Waals surface area contributed by atoms with Crippen molar-refractivity contribution in [2.24, 2.45) is 0 Å². The van der Waals surface area contributed by atoms with Crippen LogP contribution in [0.5, 0.6) is 0 Å². The van der Waals surface area contributed by atoms with Crippen molar-refractivity contribution >= 4 is 23.4 Å². The average Bonchev–Trinajstić information content (AvgIpc) is 2.21. The number of nitrogens with two attached hydrogens (primary N) is 1. The molecule has 0 spiro atoms. The van der Waals surface area contributed by atoms with Gasteiger partial charge in [0.2, 0.25) is 0 Å². The molecule has 1 aromatic rings. The third-order valence-corrected chi connectivity index (χ3v) is 2.19. The molecule has 0 saturated heterocycles. The number of nitrogens with zero attached hydrogens (tertiary/aromatic N) is 1. The minimum absolute atomic E-state index is 0.0436. The zero-order valence-corrected chi connectivity index (χ0v) is 9.21. The summed E-state index contributed by atoms with van der Waals surface area (Å²) in [4.78, 5) is 20.5. The molecule has 0 heterocycles. The summed E-state index contributed by atoms with van der Waals surface area (Å²) >= 11 is 0. The van der Waals surface area contributed by atoms with Gasteiger partial charge in [0.1, 0.15) is 0 Å². The summed E-state index contributed by atoms with van der Waals surface area (Å²) in [6, 6.07) is 2.83. The molecule has 90 valence electrons. The highest BCUT2D eigenvalue weighted by Gasteiger charge is 2.12. The van der Waals surface area contributed by atoms with Gasteiger partial charge in [0.05, 0.1) is 11.3 Å². The van der Waals surface area contributed by atoms with E-state index < -0.39 is 10.9 Å². The molecule has 6 nitrogen and oxygen atoms in total. The van der Waals surface area contributed by atoms with Gasteiger partial charge in [0.25, 0.3) is 5.69 Å². The number of aryl methyl sites for hydroxylation is 1. The maximum Gasteiger partial charge on any atom is 0.307 e. The Morgan fingerprint density at radius 3 is 2.76 bits per heavy atom. The quantitative estimate of drug-likeness (QED) is 0.472. The Kier molecular flexibility index (Phi) is 3.82. The third kappa shape index (κ3) is 3.30. The van der Waals surface area contributed by atoms with E-state index in [0.29, 0.717) is 11.1 Å². The second-order valence-electron chi connectivity index (χ2n) is 3.52. The van der Waals surface area contributed by atoms with E-state index in [1.54, 1.807) is 19.1 Å². The van der Waals surface area contributed by atoms with Crippen LogP contribution in [0, 0.1) is 17.0 Å². The summed E-state index contributed by atoms with van der Waals surface area (Å²) in [6.45, 7) is 1.60. The molecule has 1 aromatic carbocycles. The fraction of sp³-hybridized carbons (Fsp3) is 0.182. The minimum Gasteiger partial charge on any atom is -0.481 e. The van der Waals surface area contributed by atoms with Gasteiger partial charge in [-0.05, 0) is 18.6 Å². The zero-order chi connectivity index (χ0) is 13.0. The largest absolute Gasteiger partial charge is 0.481 e. The fourth-order valence-electron chi connectivity index (χ4n) is 1.36. The van der Waals surface area contributed by atoms with Gasteiger partial charge in [-0.1, -0.05) is 12.2 Å². The number of benzene rings is 1. The Balaban J connectivity index is 3.03. The number of nitrogen functional groups attached to an aromatic ring is 1. The number of hydrogen-bond acceptors (Lipinski definition) is 4. The average molecular weight is 236 g/mol. The molecular weight excluding hydrogens is 224 g/mol. The summed E-state index contributed by atoms with van der Waals surface area (Å²) in [5, 5.41) is 19.1. The second kappa shape index (κ2) is 5.11. The van der Waals surface area contributed by atoms with Gasteiger partial charge in [-0.15, -0.1) is 0 Å². The molecule has 0 bridgehead atoms. The van der Waals surface area contributed by atoms with Crippen LogP contribution in [0.4, 0.5) is 11.4 Å². The molecule has 3 N–H and O–H groups in total. The lowest BCUT2D eigenvalue weighted by molar-refractivity contribution is -0.385. The van der Waals surface area contributed by atoms with E-state index in [1.807, 2.05) is 0 Å². The van der Waals surface area contributed by atoms with E-state index in [4.69, 9.17) is 10.8 Å². The predicted octanol–water partition coefficient (Wildman–Crippen LogP) is 1.97. The number of hydrogen-bond donors (Lipinski definition) is 2. The number of carboxylic acids is 1. The summed E-state index contributed by atoms with van der Waals surface area (Å²) < 4.78 is 0. The van der Waals surface area contributed by atoms with Gasteiger partial charge >= 0.3 is 5.97 Å². The molecule has 6 heteroatoms. The molecular formula is C11H12N2O4. The van der Waals surface area contributed by atoms with Crippen molar-refractivity contribution in [1.82, 2.24) is 0 Å². The lowest BCUT2D eigenvalue weighted by Crippen LogP contribution is -1.97. The van der Waals surface area contributed by atoms with Crippen LogP contribution in [0.2, 0.25) is 0 Å². The SMILES string of the molecule is Cc1cc(C=CCC(=O)O)c(N)cc1[N+](=O)[O-]. The van der Waals surface area contributed by atoms with Gasteiger partial charge < -0.3 is 10.8 Å². The molecule has 17 heavy (non-hydrogen) atoms. The first-order valence-electron chi connectivity index (χ1n) is 4.84. The van der Waals surface area contributed by atoms with E-state index in [2.05, 4.69) is 0 Å². The number of carbonyl (C=O) groups is 1. The molecule has 1 rings (SSSR count). The van der Waals surface area contributed by atoms with Crippen molar-refractivity contribution in [2.75, 3.05) is 5.73 Å². The van der Waals surface area contributed by atoms with Gasteiger partial charge in [-0.25, -0.2) is 0 Å². The molecule has 0 fully saturated rings. The molecule has 0 aliphatic heterocycles. The minimum atomic E-state index is -0.946. The Bertz CT molecular complexity index is 494. The number of nitro groups is 1.